The third kappa shape index (κ3) is 3.51. The lowest BCUT2D eigenvalue weighted by Crippen LogP contribution is -2.19. The van der Waals surface area contributed by atoms with Crippen molar-refractivity contribution in [1.82, 2.24) is 4.98 Å². The Labute approximate surface area is 93.2 Å². The normalized spacial score (nSPS) is 13.9. The van der Waals surface area contributed by atoms with Gasteiger partial charge in [0.25, 0.3) is 0 Å². The van der Waals surface area contributed by atoms with E-state index < -0.39 is 12.2 Å². The van der Waals surface area contributed by atoms with Crippen molar-refractivity contribution in [2.75, 3.05) is 6.54 Å². The molecule has 1 aromatic rings. The van der Waals surface area contributed by atoms with E-state index in [1.165, 1.54) is 6.20 Å². The predicted molar refractivity (Wildman–Crippen MR) is 58.6 cm³/mol. The average molecular weight is 222 g/mol. The van der Waals surface area contributed by atoms with E-state index >= 15 is 0 Å². The molecule has 0 bridgehead atoms. The van der Waals surface area contributed by atoms with Crippen LogP contribution >= 0.6 is 0 Å². The fourth-order valence-electron chi connectivity index (χ4n) is 1.27. The first-order chi connectivity index (χ1) is 7.65. The number of rotatable bonds is 5. The second-order valence-corrected chi connectivity index (χ2v) is 3.49. The molecule has 86 valence electrons. The van der Waals surface area contributed by atoms with Gasteiger partial charge in [0, 0.05) is 28.9 Å². The Hall–Kier alpha value is -1.62. The molecule has 2 atom stereocenters. The molecule has 0 saturated heterocycles. The minimum atomic E-state index is -0.998. The van der Waals surface area contributed by atoms with Crippen molar-refractivity contribution in [3.63, 3.8) is 0 Å². The molecule has 0 aliphatic heterocycles. The van der Waals surface area contributed by atoms with E-state index in [4.69, 9.17) is 5.53 Å². The summed E-state index contributed by atoms with van der Waals surface area (Å²) in [5.74, 6) is 0. The van der Waals surface area contributed by atoms with E-state index in [-0.39, 0.29) is 13.0 Å². The highest BCUT2D eigenvalue weighted by Crippen LogP contribution is 2.18. The van der Waals surface area contributed by atoms with Crippen molar-refractivity contribution in [3.8, 4) is 0 Å². The number of aryl methyl sites for hydroxylation is 1. The maximum Gasteiger partial charge on any atom is 0.106 e. The van der Waals surface area contributed by atoms with Crippen LogP contribution in [0.4, 0.5) is 0 Å². The van der Waals surface area contributed by atoms with Crippen LogP contribution in [0.3, 0.4) is 0 Å². The number of nitrogens with zero attached hydrogens (tertiary/aromatic N) is 4. The lowest BCUT2D eigenvalue weighted by atomic mass is 10.0. The Kier molecular flexibility index (Phi) is 4.72. The zero-order valence-corrected chi connectivity index (χ0v) is 8.98. The van der Waals surface area contributed by atoms with Gasteiger partial charge in [-0.25, -0.2) is 0 Å². The second-order valence-electron chi connectivity index (χ2n) is 3.49. The van der Waals surface area contributed by atoms with Crippen LogP contribution in [-0.4, -0.2) is 27.8 Å². The Morgan fingerprint density at radius 3 is 2.81 bits per heavy atom. The highest BCUT2D eigenvalue weighted by molar-refractivity contribution is 5.16. The predicted octanol–water partition coefficient (Wildman–Crippen LogP) is 1.48. The summed E-state index contributed by atoms with van der Waals surface area (Å²) < 4.78 is 0. The van der Waals surface area contributed by atoms with Gasteiger partial charge in [0.15, 0.2) is 0 Å². The van der Waals surface area contributed by atoms with Crippen molar-refractivity contribution in [3.05, 3.63) is 40.0 Å². The number of azide groups is 1. The van der Waals surface area contributed by atoms with Crippen molar-refractivity contribution in [2.45, 2.75) is 25.6 Å². The molecular formula is C10H14N4O2. The summed E-state index contributed by atoms with van der Waals surface area (Å²) in [5, 5.41) is 22.7. The monoisotopic (exact) mass is 222 g/mol. The number of pyridine rings is 1. The van der Waals surface area contributed by atoms with Gasteiger partial charge in [-0.05, 0) is 24.9 Å². The fourth-order valence-corrected chi connectivity index (χ4v) is 1.27. The molecule has 0 amide bonds. The van der Waals surface area contributed by atoms with Crippen LogP contribution in [0.1, 0.15) is 23.8 Å². The molecular weight excluding hydrogens is 208 g/mol. The number of aromatic nitrogens is 1. The first-order valence-corrected chi connectivity index (χ1v) is 4.94. The molecule has 2 N–H and O–H groups in total. The van der Waals surface area contributed by atoms with E-state index in [9.17, 15) is 10.2 Å². The summed E-state index contributed by atoms with van der Waals surface area (Å²) in [5.41, 5.74) is 9.47. The number of aliphatic hydroxyl groups is 2. The molecule has 1 aromatic heterocycles. The van der Waals surface area contributed by atoms with Crippen LogP contribution in [0.5, 0.6) is 0 Å². The number of hydrogen-bond acceptors (Lipinski definition) is 4. The molecule has 1 rings (SSSR count). The molecule has 0 aliphatic rings. The third-order valence-corrected chi connectivity index (χ3v) is 2.23. The third-order valence-electron chi connectivity index (χ3n) is 2.23. The van der Waals surface area contributed by atoms with Crippen molar-refractivity contribution < 1.29 is 10.2 Å². The SMILES string of the molecule is Cc1ccc(C(O)C(O)CCN=[N+]=[N-])cn1. The summed E-state index contributed by atoms with van der Waals surface area (Å²) in [7, 11) is 0. The van der Waals surface area contributed by atoms with Gasteiger partial charge >= 0.3 is 0 Å². The minimum Gasteiger partial charge on any atom is -0.390 e. The Morgan fingerprint density at radius 1 is 1.50 bits per heavy atom. The van der Waals surface area contributed by atoms with E-state index in [2.05, 4.69) is 15.0 Å². The summed E-state index contributed by atoms with van der Waals surface area (Å²) in [6, 6.07) is 3.47. The van der Waals surface area contributed by atoms with Gasteiger partial charge in [-0.15, -0.1) is 0 Å². The van der Waals surface area contributed by atoms with Gasteiger partial charge < -0.3 is 10.2 Å². The number of hydrogen-bond donors (Lipinski definition) is 2. The Bertz CT molecular complexity index is 373. The summed E-state index contributed by atoms with van der Waals surface area (Å²) >= 11 is 0. The molecule has 6 nitrogen and oxygen atoms in total. The Morgan fingerprint density at radius 2 is 2.25 bits per heavy atom. The van der Waals surface area contributed by atoms with Crippen molar-refractivity contribution in [1.29, 1.82) is 0 Å². The highest BCUT2D eigenvalue weighted by Gasteiger charge is 2.17. The zero-order valence-electron chi connectivity index (χ0n) is 8.98. The van der Waals surface area contributed by atoms with E-state index in [1.807, 2.05) is 6.92 Å². The molecule has 0 spiro atoms. The van der Waals surface area contributed by atoms with E-state index in [1.54, 1.807) is 12.1 Å². The van der Waals surface area contributed by atoms with Gasteiger partial charge in [-0.1, -0.05) is 11.2 Å². The standard InChI is InChI=1S/C10H14N4O2/c1-7-2-3-8(6-12-7)10(16)9(15)4-5-13-14-11/h2-3,6,9-10,15-16H,4-5H2,1H3. The molecule has 0 fully saturated rings. The first-order valence-electron chi connectivity index (χ1n) is 4.94. The van der Waals surface area contributed by atoms with E-state index in [0.717, 1.165) is 5.69 Å². The fraction of sp³-hybridized carbons (Fsp3) is 0.500. The molecule has 1 heterocycles. The van der Waals surface area contributed by atoms with Crippen LogP contribution in [0.2, 0.25) is 0 Å². The van der Waals surface area contributed by atoms with Crippen LogP contribution in [0, 0.1) is 6.92 Å². The maximum absolute atomic E-state index is 9.75. The summed E-state index contributed by atoms with van der Waals surface area (Å²) in [6.45, 7) is 2.00. The topological polar surface area (TPSA) is 102 Å². The maximum atomic E-state index is 9.75. The highest BCUT2D eigenvalue weighted by atomic mass is 16.3. The Balaban J connectivity index is 2.58. The van der Waals surface area contributed by atoms with Crippen molar-refractivity contribution >= 4 is 0 Å². The smallest absolute Gasteiger partial charge is 0.106 e. The minimum absolute atomic E-state index is 0.161. The quantitative estimate of drug-likeness (QED) is 0.448. The molecule has 0 saturated carbocycles. The largest absolute Gasteiger partial charge is 0.390 e. The second kappa shape index (κ2) is 6.07. The van der Waals surface area contributed by atoms with Crippen molar-refractivity contribution in [2.24, 2.45) is 5.11 Å². The summed E-state index contributed by atoms with van der Waals surface area (Å²) in [4.78, 5) is 6.60. The molecule has 0 aromatic carbocycles. The molecule has 2 unspecified atom stereocenters. The lowest BCUT2D eigenvalue weighted by molar-refractivity contribution is 0.0148. The summed E-state index contributed by atoms with van der Waals surface area (Å²) in [6.07, 6.45) is -0.201. The van der Waals surface area contributed by atoms with Gasteiger partial charge in [0.05, 0.1) is 6.10 Å². The zero-order chi connectivity index (χ0) is 12.0. The van der Waals surface area contributed by atoms with Crippen LogP contribution in [0.25, 0.3) is 10.4 Å². The average Bonchev–Trinajstić information content (AvgIpc) is 2.29. The molecule has 6 heteroatoms. The molecule has 16 heavy (non-hydrogen) atoms. The molecule has 0 aliphatic carbocycles. The lowest BCUT2D eigenvalue weighted by Gasteiger charge is -2.16. The van der Waals surface area contributed by atoms with Crippen LogP contribution in [-0.2, 0) is 0 Å². The van der Waals surface area contributed by atoms with Gasteiger partial charge in [0.2, 0.25) is 0 Å². The van der Waals surface area contributed by atoms with Gasteiger partial charge in [0.1, 0.15) is 6.10 Å². The first kappa shape index (κ1) is 12.4. The van der Waals surface area contributed by atoms with E-state index in [0.29, 0.717) is 5.56 Å². The van der Waals surface area contributed by atoms with Gasteiger partial charge in [-0.2, -0.15) is 0 Å². The molecule has 0 radical (unpaired) electrons. The van der Waals surface area contributed by atoms with Gasteiger partial charge in [-0.3, -0.25) is 4.98 Å². The van der Waals surface area contributed by atoms with Crippen LogP contribution < -0.4 is 0 Å². The van der Waals surface area contributed by atoms with Crippen LogP contribution in [0.15, 0.2) is 23.4 Å². The number of aliphatic hydroxyl groups excluding tert-OH is 2.